The second-order valence-electron chi connectivity index (χ2n) is 9.54. The molecular formula is C32H32O5S. The lowest BCUT2D eigenvalue weighted by atomic mass is 9.80. The van der Waals surface area contributed by atoms with Gasteiger partial charge >= 0.3 is 0 Å². The van der Waals surface area contributed by atoms with Gasteiger partial charge < -0.3 is 24.8 Å². The van der Waals surface area contributed by atoms with Crippen LogP contribution in [0.15, 0.2) is 120 Å². The topological polar surface area (TPSA) is 79.2 Å². The van der Waals surface area contributed by atoms with Crippen molar-refractivity contribution in [2.45, 2.75) is 47.3 Å². The molecule has 0 amide bonds. The third kappa shape index (κ3) is 5.43. The summed E-state index contributed by atoms with van der Waals surface area (Å²) in [6.07, 6.45) is -4.82. The SMILES string of the molecule is Cc1ccc(S[C@@H]2O[C@H](COC(c3ccccc3)(c3ccccc3)c3ccccc3)[C@@H](O)[C@H](O)[C@H]2O)cc1. The Balaban J connectivity index is 1.48. The Morgan fingerprint density at radius 1 is 0.658 bits per heavy atom. The van der Waals surface area contributed by atoms with E-state index in [9.17, 15) is 15.3 Å². The Morgan fingerprint density at radius 3 is 1.61 bits per heavy atom. The highest BCUT2D eigenvalue weighted by Gasteiger charge is 2.46. The van der Waals surface area contributed by atoms with Gasteiger partial charge in [0, 0.05) is 4.90 Å². The monoisotopic (exact) mass is 528 g/mol. The van der Waals surface area contributed by atoms with E-state index in [1.807, 2.05) is 122 Å². The van der Waals surface area contributed by atoms with E-state index in [2.05, 4.69) is 0 Å². The maximum absolute atomic E-state index is 10.9. The first-order valence-electron chi connectivity index (χ1n) is 12.7. The molecule has 6 heteroatoms. The second kappa shape index (κ2) is 11.8. The van der Waals surface area contributed by atoms with Crippen molar-refractivity contribution in [3.05, 3.63) is 138 Å². The number of hydrogen-bond acceptors (Lipinski definition) is 6. The van der Waals surface area contributed by atoms with E-state index in [0.717, 1.165) is 27.1 Å². The zero-order valence-corrected chi connectivity index (χ0v) is 21.9. The van der Waals surface area contributed by atoms with Crippen molar-refractivity contribution in [2.75, 3.05) is 6.61 Å². The fourth-order valence-electron chi connectivity index (χ4n) is 4.88. The Bertz CT molecular complexity index is 1190. The van der Waals surface area contributed by atoms with Gasteiger partial charge in [-0.25, -0.2) is 0 Å². The summed E-state index contributed by atoms with van der Waals surface area (Å²) in [5.74, 6) is 0. The zero-order valence-electron chi connectivity index (χ0n) is 21.1. The van der Waals surface area contributed by atoms with Crippen LogP contribution in [-0.4, -0.2) is 51.8 Å². The minimum atomic E-state index is -1.38. The van der Waals surface area contributed by atoms with Crippen LogP contribution >= 0.6 is 11.8 Å². The quantitative estimate of drug-likeness (QED) is 0.282. The van der Waals surface area contributed by atoms with Gasteiger partial charge in [0.05, 0.1) is 6.61 Å². The Hall–Kier alpha value is -2.97. The predicted octanol–water partition coefficient (Wildman–Crippen LogP) is 4.90. The van der Waals surface area contributed by atoms with Crippen molar-refractivity contribution >= 4 is 11.8 Å². The molecule has 5 rings (SSSR count). The van der Waals surface area contributed by atoms with Crippen LogP contribution in [0.2, 0.25) is 0 Å². The van der Waals surface area contributed by atoms with Crippen LogP contribution in [0.25, 0.3) is 0 Å². The molecule has 4 aromatic carbocycles. The summed E-state index contributed by atoms with van der Waals surface area (Å²) in [6.45, 7) is 1.99. The van der Waals surface area contributed by atoms with E-state index >= 15 is 0 Å². The van der Waals surface area contributed by atoms with Gasteiger partial charge in [-0.2, -0.15) is 0 Å². The average molecular weight is 529 g/mol. The smallest absolute Gasteiger partial charge is 0.143 e. The number of hydrogen-bond donors (Lipinski definition) is 3. The Labute approximate surface area is 227 Å². The largest absolute Gasteiger partial charge is 0.387 e. The zero-order chi connectivity index (χ0) is 26.5. The number of benzene rings is 4. The fraction of sp³-hybridized carbons (Fsp3) is 0.250. The molecule has 38 heavy (non-hydrogen) atoms. The van der Waals surface area contributed by atoms with Gasteiger partial charge in [-0.3, -0.25) is 0 Å². The summed E-state index contributed by atoms with van der Waals surface area (Å²) in [6, 6.07) is 37.7. The summed E-state index contributed by atoms with van der Waals surface area (Å²) in [5.41, 5.74) is 2.13. The molecular weight excluding hydrogens is 496 g/mol. The lowest BCUT2D eigenvalue weighted by Crippen LogP contribution is -2.58. The van der Waals surface area contributed by atoms with Crippen LogP contribution in [0.4, 0.5) is 0 Å². The van der Waals surface area contributed by atoms with Gasteiger partial charge in [-0.1, -0.05) is 120 Å². The molecule has 0 aromatic heterocycles. The van der Waals surface area contributed by atoms with Crippen LogP contribution in [0.5, 0.6) is 0 Å². The minimum Gasteiger partial charge on any atom is -0.387 e. The summed E-state index contributed by atoms with van der Waals surface area (Å²) >= 11 is 1.31. The summed E-state index contributed by atoms with van der Waals surface area (Å²) < 4.78 is 13.0. The van der Waals surface area contributed by atoms with Gasteiger partial charge in [0.15, 0.2) is 0 Å². The molecule has 3 N–H and O–H groups in total. The first kappa shape index (κ1) is 26.6. The molecule has 1 heterocycles. The number of ether oxygens (including phenoxy) is 2. The van der Waals surface area contributed by atoms with Crippen molar-refractivity contribution in [3.8, 4) is 0 Å². The van der Waals surface area contributed by atoms with Crippen LogP contribution in [0, 0.1) is 6.92 Å². The van der Waals surface area contributed by atoms with Crippen LogP contribution in [0.3, 0.4) is 0 Å². The third-order valence-electron chi connectivity index (χ3n) is 6.95. The van der Waals surface area contributed by atoms with E-state index in [-0.39, 0.29) is 6.61 Å². The fourth-order valence-corrected chi connectivity index (χ4v) is 5.94. The van der Waals surface area contributed by atoms with Crippen molar-refractivity contribution in [3.63, 3.8) is 0 Å². The van der Waals surface area contributed by atoms with Gasteiger partial charge in [-0.05, 0) is 35.7 Å². The van der Waals surface area contributed by atoms with Gasteiger partial charge in [0.1, 0.15) is 35.5 Å². The van der Waals surface area contributed by atoms with E-state index in [4.69, 9.17) is 9.47 Å². The molecule has 1 saturated heterocycles. The molecule has 1 aliphatic rings. The molecule has 5 nitrogen and oxygen atoms in total. The lowest BCUT2D eigenvalue weighted by Gasteiger charge is -2.42. The normalized spacial score (nSPS) is 23.7. The number of aliphatic hydroxyl groups is 3. The molecule has 0 radical (unpaired) electrons. The average Bonchev–Trinajstić information content (AvgIpc) is 2.97. The number of rotatable bonds is 8. The maximum atomic E-state index is 10.9. The van der Waals surface area contributed by atoms with Crippen molar-refractivity contribution < 1.29 is 24.8 Å². The van der Waals surface area contributed by atoms with Crippen molar-refractivity contribution in [2.24, 2.45) is 0 Å². The van der Waals surface area contributed by atoms with Gasteiger partial charge in [0.2, 0.25) is 0 Å². The van der Waals surface area contributed by atoms with Gasteiger partial charge in [0.25, 0.3) is 0 Å². The molecule has 196 valence electrons. The number of thioether (sulfide) groups is 1. The molecule has 0 bridgehead atoms. The predicted molar refractivity (Wildman–Crippen MR) is 149 cm³/mol. The Morgan fingerprint density at radius 2 is 1.13 bits per heavy atom. The maximum Gasteiger partial charge on any atom is 0.143 e. The summed E-state index contributed by atoms with van der Waals surface area (Å²) in [5, 5.41) is 32.4. The minimum absolute atomic E-state index is 0.0193. The molecule has 0 saturated carbocycles. The van der Waals surface area contributed by atoms with Gasteiger partial charge in [-0.15, -0.1) is 0 Å². The van der Waals surface area contributed by atoms with Crippen molar-refractivity contribution in [1.29, 1.82) is 0 Å². The summed E-state index contributed by atoms with van der Waals surface area (Å²) in [4.78, 5) is 0.898. The molecule has 0 aliphatic carbocycles. The lowest BCUT2D eigenvalue weighted by molar-refractivity contribution is -0.216. The highest BCUT2D eigenvalue weighted by Crippen LogP contribution is 2.41. The molecule has 0 unspecified atom stereocenters. The van der Waals surface area contributed by atoms with E-state index in [1.54, 1.807) is 0 Å². The number of aliphatic hydroxyl groups excluding tert-OH is 3. The second-order valence-corrected chi connectivity index (χ2v) is 10.7. The molecule has 4 aromatic rings. The van der Waals surface area contributed by atoms with Crippen LogP contribution in [-0.2, 0) is 15.1 Å². The molecule has 5 atom stereocenters. The first-order chi connectivity index (χ1) is 18.5. The Kier molecular flexibility index (Phi) is 8.29. The van der Waals surface area contributed by atoms with E-state index in [1.165, 1.54) is 11.8 Å². The van der Waals surface area contributed by atoms with E-state index < -0.39 is 35.5 Å². The number of aryl methyl sites for hydroxylation is 1. The third-order valence-corrected chi connectivity index (χ3v) is 8.11. The van der Waals surface area contributed by atoms with Crippen LogP contribution < -0.4 is 0 Å². The molecule has 1 fully saturated rings. The first-order valence-corrected chi connectivity index (χ1v) is 13.6. The van der Waals surface area contributed by atoms with Crippen LogP contribution in [0.1, 0.15) is 22.3 Å². The highest BCUT2D eigenvalue weighted by molar-refractivity contribution is 7.99. The highest BCUT2D eigenvalue weighted by atomic mass is 32.2. The standard InChI is InChI=1S/C32H32O5S/c1-22-17-19-26(20-18-22)38-31-30(35)29(34)28(33)27(37-31)21-36-32(23-11-5-2-6-12-23,24-13-7-3-8-14-24)25-15-9-4-10-16-25/h2-20,27-31,33-35H,21H2,1H3/t27-,28-,29+,30-,31+/m1/s1. The molecule has 1 aliphatic heterocycles. The van der Waals surface area contributed by atoms with Crippen molar-refractivity contribution in [1.82, 2.24) is 0 Å². The van der Waals surface area contributed by atoms with E-state index in [0.29, 0.717) is 0 Å². The molecule has 0 spiro atoms. The summed E-state index contributed by atoms with van der Waals surface area (Å²) in [7, 11) is 0.